The van der Waals surface area contributed by atoms with E-state index in [1.807, 2.05) is 18.2 Å². The molecule has 0 fully saturated rings. The minimum Gasteiger partial charge on any atom is -0.496 e. The van der Waals surface area contributed by atoms with Gasteiger partial charge in [0.2, 0.25) is 0 Å². The van der Waals surface area contributed by atoms with Gasteiger partial charge in [0.15, 0.2) is 6.29 Å². The van der Waals surface area contributed by atoms with E-state index >= 15 is 0 Å². The minimum atomic E-state index is -0.378. The molecule has 1 N–H and O–H groups in total. The molecule has 0 aliphatic carbocycles. The van der Waals surface area contributed by atoms with E-state index in [4.69, 9.17) is 16.3 Å². The van der Waals surface area contributed by atoms with E-state index < -0.39 is 0 Å². The molecular weight excluding hydrogens is 264 g/mol. The molecule has 0 amide bonds. The van der Waals surface area contributed by atoms with Crippen LogP contribution >= 0.6 is 11.6 Å². The topological polar surface area (TPSA) is 51.2 Å². The molecule has 19 heavy (non-hydrogen) atoms. The number of nitrogens with one attached hydrogen (secondary N) is 1. The highest BCUT2D eigenvalue weighted by Crippen LogP contribution is 2.42. The molecule has 4 nitrogen and oxygen atoms in total. The van der Waals surface area contributed by atoms with Crippen molar-refractivity contribution in [2.45, 2.75) is 5.38 Å². The van der Waals surface area contributed by atoms with Gasteiger partial charge in [-0.15, -0.1) is 11.6 Å². The molecule has 1 aliphatic rings. The molecule has 0 bridgehead atoms. The number of rotatable bonds is 2. The minimum absolute atomic E-state index is 0.378. The number of allylic oxidation sites excluding steroid dienone is 2. The Morgan fingerprint density at radius 2 is 2.37 bits per heavy atom. The third-order valence-electron chi connectivity index (χ3n) is 3.12. The van der Waals surface area contributed by atoms with E-state index in [9.17, 15) is 4.79 Å². The van der Waals surface area contributed by atoms with Crippen molar-refractivity contribution in [3.8, 4) is 5.75 Å². The van der Waals surface area contributed by atoms with Gasteiger partial charge in [0.1, 0.15) is 5.75 Å². The summed E-state index contributed by atoms with van der Waals surface area (Å²) in [6, 6.07) is 5.64. The number of hydrogen-bond acceptors (Lipinski definition) is 4. The number of hydrogen-bond donors (Lipinski definition) is 1. The summed E-state index contributed by atoms with van der Waals surface area (Å²) in [5.41, 5.74) is 2.82. The van der Waals surface area contributed by atoms with Gasteiger partial charge in [0.25, 0.3) is 0 Å². The van der Waals surface area contributed by atoms with Gasteiger partial charge in [0.05, 0.1) is 29.4 Å². The molecule has 0 radical (unpaired) electrons. The Balaban J connectivity index is 2.33. The fourth-order valence-corrected chi connectivity index (χ4v) is 2.56. The Hall–Kier alpha value is -2.07. The maximum absolute atomic E-state index is 10.9. The van der Waals surface area contributed by atoms with Gasteiger partial charge in [-0.2, -0.15) is 0 Å². The summed E-state index contributed by atoms with van der Waals surface area (Å²) in [6.45, 7) is 0. The van der Waals surface area contributed by atoms with Gasteiger partial charge < -0.3 is 10.1 Å². The number of methoxy groups -OCH3 is 1. The van der Waals surface area contributed by atoms with E-state index in [-0.39, 0.29) is 5.38 Å². The number of ether oxygens (including phenoxy) is 1. The number of halogens is 1. The highest BCUT2D eigenvalue weighted by molar-refractivity contribution is 6.24. The first-order valence-electron chi connectivity index (χ1n) is 5.78. The molecule has 0 saturated carbocycles. The summed E-state index contributed by atoms with van der Waals surface area (Å²) in [5, 5.41) is 3.57. The molecular formula is C14H11ClN2O2. The van der Waals surface area contributed by atoms with Crippen molar-refractivity contribution in [2.24, 2.45) is 0 Å². The lowest BCUT2D eigenvalue weighted by molar-refractivity contribution is -0.104. The Bertz CT molecular complexity index is 697. The summed E-state index contributed by atoms with van der Waals surface area (Å²) in [4.78, 5) is 15.3. The van der Waals surface area contributed by atoms with Gasteiger partial charge >= 0.3 is 0 Å². The van der Waals surface area contributed by atoms with Gasteiger partial charge in [-0.05, 0) is 24.3 Å². The lowest BCUT2D eigenvalue weighted by Crippen LogP contribution is -2.12. The summed E-state index contributed by atoms with van der Waals surface area (Å²) >= 11 is 6.29. The number of aldehydes is 1. The lowest BCUT2D eigenvalue weighted by atomic mass is 10.0. The number of benzene rings is 1. The highest BCUT2D eigenvalue weighted by Gasteiger charge is 2.22. The molecule has 3 rings (SSSR count). The molecule has 0 spiro atoms. The zero-order valence-corrected chi connectivity index (χ0v) is 10.9. The van der Waals surface area contributed by atoms with E-state index in [1.54, 1.807) is 19.4 Å². The standard InChI is InChI=1S/C14H11ClN2O2/c1-19-12-6-10-11(15)5-8(7-18)17-14(10)13-9(12)3-2-4-16-13/h2-7,11,17H,1H3. The number of nitrogens with zero attached hydrogens (tertiary/aromatic N) is 1. The predicted molar refractivity (Wildman–Crippen MR) is 74.7 cm³/mol. The number of fused-ring (bicyclic) bond motifs is 3. The van der Waals surface area contributed by atoms with E-state index in [1.165, 1.54) is 0 Å². The fraction of sp³-hybridized carbons (Fsp3) is 0.143. The van der Waals surface area contributed by atoms with E-state index in [0.717, 1.165) is 34.2 Å². The summed E-state index contributed by atoms with van der Waals surface area (Å²) in [6.07, 6.45) is 4.12. The monoisotopic (exact) mass is 274 g/mol. The molecule has 1 aromatic carbocycles. The van der Waals surface area contributed by atoms with Crippen LogP contribution in [0.5, 0.6) is 5.75 Å². The normalized spacial score (nSPS) is 17.4. The molecule has 2 heterocycles. The second-order valence-electron chi connectivity index (χ2n) is 4.21. The number of carbonyl (C=O) groups excluding carboxylic acids is 1. The van der Waals surface area contributed by atoms with Gasteiger partial charge in [-0.1, -0.05) is 0 Å². The second kappa shape index (κ2) is 4.55. The zero-order valence-electron chi connectivity index (χ0n) is 10.2. The Labute approximate surface area is 115 Å². The lowest BCUT2D eigenvalue weighted by Gasteiger charge is -2.22. The van der Waals surface area contributed by atoms with Crippen molar-refractivity contribution >= 4 is 34.5 Å². The third-order valence-corrected chi connectivity index (χ3v) is 3.49. The second-order valence-corrected chi connectivity index (χ2v) is 4.68. The van der Waals surface area contributed by atoms with E-state index in [2.05, 4.69) is 10.3 Å². The summed E-state index contributed by atoms with van der Waals surface area (Å²) < 4.78 is 5.38. The largest absolute Gasteiger partial charge is 0.496 e. The molecule has 96 valence electrons. The number of anilines is 1. The van der Waals surface area contributed by atoms with Gasteiger partial charge in [-0.3, -0.25) is 9.78 Å². The van der Waals surface area contributed by atoms with Crippen LogP contribution in [0.15, 0.2) is 36.2 Å². The molecule has 2 aromatic rings. The van der Waals surface area contributed by atoms with Crippen molar-refractivity contribution in [1.29, 1.82) is 0 Å². The van der Waals surface area contributed by atoms with Crippen LogP contribution in [0.2, 0.25) is 0 Å². The van der Waals surface area contributed by atoms with Crippen molar-refractivity contribution in [3.63, 3.8) is 0 Å². The van der Waals surface area contributed by atoms with E-state index in [0.29, 0.717) is 5.70 Å². The summed E-state index contributed by atoms with van der Waals surface area (Å²) in [5.74, 6) is 0.720. The average molecular weight is 275 g/mol. The summed E-state index contributed by atoms with van der Waals surface area (Å²) in [7, 11) is 1.61. The smallest absolute Gasteiger partial charge is 0.165 e. The van der Waals surface area contributed by atoms with Crippen molar-refractivity contribution in [3.05, 3.63) is 41.7 Å². The zero-order chi connectivity index (χ0) is 13.4. The number of alkyl halides is 1. The number of carbonyl (C=O) groups is 1. The van der Waals surface area contributed by atoms with Crippen LogP contribution in [0.25, 0.3) is 10.9 Å². The van der Waals surface area contributed by atoms with Crippen LogP contribution in [0.3, 0.4) is 0 Å². The van der Waals surface area contributed by atoms with Crippen LogP contribution in [0, 0.1) is 0 Å². The van der Waals surface area contributed by atoms with Crippen LogP contribution in [0.4, 0.5) is 5.69 Å². The molecule has 1 unspecified atom stereocenters. The first-order valence-corrected chi connectivity index (χ1v) is 6.22. The maximum Gasteiger partial charge on any atom is 0.165 e. The highest BCUT2D eigenvalue weighted by atomic mass is 35.5. The van der Waals surface area contributed by atoms with Gasteiger partial charge in [-0.25, -0.2) is 0 Å². The van der Waals surface area contributed by atoms with Crippen LogP contribution in [-0.2, 0) is 4.79 Å². The third kappa shape index (κ3) is 1.85. The van der Waals surface area contributed by atoms with Crippen molar-refractivity contribution in [1.82, 2.24) is 4.98 Å². The van der Waals surface area contributed by atoms with Crippen LogP contribution < -0.4 is 10.1 Å². The molecule has 0 saturated heterocycles. The molecule has 1 aromatic heterocycles. The molecule has 5 heteroatoms. The first-order chi connectivity index (χ1) is 9.24. The Morgan fingerprint density at radius 3 is 3.11 bits per heavy atom. The SMILES string of the molecule is COc1cc2c(c3ncccc13)NC(C=O)=CC2Cl. The average Bonchev–Trinajstić information content (AvgIpc) is 2.46. The maximum atomic E-state index is 10.9. The van der Waals surface area contributed by atoms with Crippen molar-refractivity contribution in [2.75, 3.05) is 12.4 Å². The van der Waals surface area contributed by atoms with Gasteiger partial charge in [0, 0.05) is 17.1 Å². The quantitative estimate of drug-likeness (QED) is 0.675. The van der Waals surface area contributed by atoms with Crippen LogP contribution in [-0.4, -0.2) is 18.4 Å². The van der Waals surface area contributed by atoms with Crippen molar-refractivity contribution < 1.29 is 9.53 Å². The molecule has 1 atom stereocenters. The number of aromatic nitrogens is 1. The first kappa shape index (κ1) is 12.0. The van der Waals surface area contributed by atoms with Crippen LogP contribution in [0.1, 0.15) is 10.9 Å². The predicted octanol–water partition coefficient (Wildman–Crippen LogP) is 3.03. The Kier molecular flexibility index (Phi) is 2.87. The fourth-order valence-electron chi connectivity index (χ4n) is 2.25. The number of pyridine rings is 1. The molecule has 1 aliphatic heterocycles. The Morgan fingerprint density at radius 1 is 1.53 bits per heavy atom.